The quantitative estimate of drug-likeness (QED) is 0.686. The summed E-state index contributed by atoms with van der Waals surface area (Å²) in [5.74, 6) is 0.164. The fraction of sp³-hybridized carbons (Fsp3) is 0.333. The zero-order valence-electron chi connectivity index (χ0n) is 8.43. The summed E-state index contributed by atoms with van der Waals surface area (Å²) >= 11 is 0. The van der Waals surface area contributed by atoms with Crippen molar-refractivity contribution in [2.75, 3.05) is 7.11 Å². The van der Waals surface area contributed by atoms with E-state index in [2.05, 4.69) is 10.8 Å². The molecule has 0 aliphatic heterocycles. The van der Waals surface area contributed by atoms with Gasteiger partial charge in [-0.05, 0) is 30.0 Å². The van der Waals surface area contributed by atoms with Crippen LogP contribution in [0, 0.1) is 17.2 Å². The average Bonchev–Trinajstić information content (AvgIpc) is 3.08. The summed E-state index contributed by atoms with van der Waals surface area (Å²) in [5, 5.41) is 8.64. The van der Waals surface area contributed by atoms with Crippen molar-refractivity contribution in [1.82, 2.24) is 0 Å². The van der Waals surface area contributed by atoms with Crippen LogP contribution in [0.15, 0.2) is 24.3 Å². The van der Waals surface area contributed by atoms with Crippen molar-refractivity contribution in [1.29, 1.82) is 5.26 Å². The molecule has 0 heterocycles. The Morgan fingerprint density at radius 3 is 2.67 bits per heavy atom. The van der Waals surface area contributed by atoms with Gasteiger partial charge in [0.05, 0.1) is 24.7 Å². The maximum Gasteiger partial charge on any atom is 0.309 e. The molecule has 1 aliphatic rings. The average molecular weight is 201 g/mol. The lowest BCUT2D eigenvalue weighted by atomic mass is 10.1. The monoisotopic (exact) mass is 201 g/mol. The Labute approximate surface area is 88.3 Å². The molecule has 1 aromatic rings. The predicted molar refractivity (Wildman–Crippen MR) is 54.0 cm³/mol. The number of nitrogens with zero attached hydrogens (tertiary/aromatic N) is 1. The van der Waals surface area contributed by atoms with Gasteiger partial charge in [-0.15, -0.1) is 0 Å². The first kappa shape index (κ1) is 9.72. The third-order valence-electron chi connectivity index (χ3n) is 2.76. The minimum absolute atomic E-state index is 0.0166. The molecule has 0 radical (unpaired) electrons. The topological polar surface area (TPSA) is 50.1 Å². The molecule has 0 spiro atoms. The number of esters is 1. The number of ether oxygens (including phenoxy) is 1. The van der Waals surface area contributed by atoms with E-state index in [1.54, 1.807) is 12.1 Å². The van der Waals surface area contributed by atoms with Crippen LogP contribution in [0.4, 0.5) is 0 Å². The van der Waals surface area contributed by atoms with Crippen molar-refractivity contribution in [2.24, 2.45) is 5.92 Å². The maximum absolute atomic E-state index is 11.2. The summed E-state index contributed by atoms with van der Waals surface area (Å²) in [6.07, 6.45) is 0.860. The molecule has 1 saturated carbocycles. The van der Waals surface area contributed by atoms with E-state index in [0.29, 0.717) is 5.56 Å². The van der Waals surface area contributed by atoms with Crippen molar-refractivity contribution in [3.63, 3.8) is 0 Å². The van der Waals surface area contributed by atoms with Crippen molar-refractivity contribution in [3.8, 4) is 6.07 Å². The largest absolute Gasteiger partial charge is 0.469 e. The minimum atomic E-state index is -0.135. The van der Waals surface area contributed by atoms with Crippen LogP contribution in [0.5, 0.6) is 0 Å². The number of hydrogen-bond acceptors (Lipinski definition) is 3. The SMILES string of the molecule is COC(=O)[C@H]1C[C@@H]1c1ccc(C#N)cc1. The number of benzene rings is 1. The molecule has 0 unspecified atom stereocenters. The van der Waals surface area contributed by atoms with Crippen molar-refractivity contribution >= 4 is 5.97 Å². The lowest BCUT2D eigenvalue weighted by Crippen LogP contribution is -2.03. The summed E-state index contributed by atoms with van der Waals surface area (Å²) in [7, 11) is 1.41. The van der Waals surface area contributed by atoms with E-state index in [0.717, 1.165) is 12.0 Å². The van der Waals surface area contributed by atoms with Crippen LogP contribution in [-0.4, -0.2) is 13.1 Å². The second kappa shape index (κ2) is 3.74. The fourth-order valence-corrected chi connectivity index (χ4v) is 1.78. The Hall–Kier alpha value is -1.82. The summed E-state index contributed by atoms with van der Waals surface area (Å²) in [5.41, 5.74) is 1.76. The molecule has 3 nitrogen and oxygen atoms in total. The van der Waals surface area contributed by atoms with E-state index in [1.807, 2.05) is 12.1 Å². The van der Waals surface area contributed by atoms with Crippen molar-refractivity contribution in [3.05, 3.63) is 35.4 Å². The number of carbonyl (C=O) groups excluding carboxylic acids is 1. The Kier molecular flexibility index (Phi) is 2.42. The van der Waals surface area contributed by atoms with E-state index in [-0.39, 0.29) is 17.8 Å². The van der Waals surface area contributed by atoms with Crippen molar-refractivity contribution < 1.29 is 9.53 Å². The molecular formula is C12H11NO2. The van der Waals surface area contributed by atoms with Gasteiger partial charge < -0.3 is 4.74 Å². The van der Waals surface area contributed by atoms with Gasteiger partial charge in [-0.25, -0.2) is 0 Å². The second-order valence-corrected chi connectivity index (χ2v) is 3.71. The van der Waals surface area contributed by atoms with Gasteiger partial charge in [0.1, 0.15) is 0 Å². The van der Waals surface area contributed by atoms with Gasteiger partial charge in [0, 0.05) is 0 Å². The summed E-state index contributed by atoms with van der Waals surface area (Å²) in [6, 6.07) is 9.44. The lowest BCUT2D eigenvalue weighted by Gasteiger charge is -1.99. The summed E-state index contributed by atoms with van der Waals surface area (Å²) in [6.45, 7) is 0. The number of rotatable bonds is 2. The van der Waals surface area contributed by atoms with Gasteiger partial charge >= 0.3 is 5.97 Å². The van der Waals surface area contributed by atoms with E-state index in [9.17, 15) is 4.79 Å². The molecular weight excluding hydrogens is 190 g/mol. The third-order valence-corrected chi connectivity index (χ3v) is 2.76. The van der Waals surface area contributed by atoms with Crippen LogP contribution < -0.4 is 0 Å². The molecule has 1 aromatic carbocycles. The number of nitriles is 1. The highest BCUT2D eigenvalue weighted by molar-refractivity contribution is 5.77. The molecule has 2 rings (SSSR count). The molecule has 3 heteroatoms. The van der Waals surface area contributed by atoms with Crippen LogP contribution in [0.2, 0.25) is 0 Å². The summed E-state index contributed by atoms with van der Waals surface area (Å²) in [4.78, 5) is 11.2. The first-order valence-corrected chi connectivity index (χ1v) is 4.84. The highest BCUT2D eigenvalue weighted by atomic mass is 16.5. The fourth-order valence-electron chi connectivity index (χ4n) is 1.78. The molecule has 1 fully saturated rings. The molecule has 0 N–H and O–H groups in total. The number of carbonyl (C=O) groups is 1. The van der Waals surface area contributed by atoms with Gasteiger partial charge in [0.15, 0.2) is 0 Å². The van der Waals surface area contributed by atoms with Gasteiger partial charge in [-0.1, -0.05) is 12.1 Å². The van der Waals surface area contributed by atoms with Crippen LogP contribution in [0.1, 0.15) is 23.5 Å². The first-order chi connectivity index (χ1) is 7.26. The smallest absolute Gasteiger partial charge is 0.309 e. The summed E-state index contributed by atoms with van der Waals surface area (Å²) < 4.78 is 4.68. The molecule has 15 heavy (non-hydrogen) atoms. The molecule has 0 bridgehead atoms. The van der Waals surface area contributed by atoms with E-state index in [1.165, 1.54) is 7.11 Å². The molecule has 2 atom stereocenters. The van der Waals surface area contributed by atoms with E-state index >= 15 is 0 Å². The highest BCUT2D eigenvalue weighted by Crippen LogP contribution is 2.47. The molecule has 0 amide bonds. The van der Waals surface area contributed by atoms with Crippen LogP contribution in [0.3, 0.4) is 0 Å². The number of methoxy groups -OCH3 is 1. The Morgan fingerprint density at radius 1 is 1.47 bits per heavy atom. The van der Waals surface area contributed by atoms with Gasteiger partial charge in [-0.3, -0.25) is 4.79 Å². The number of hydrogen-bond donors (Lipinski definition) is 0. The molecule has 0 aromatic heterocycles. The van der Waals surface area contributed by atoms with Gasteiger partial charge in [0.2, 0.25) is 0 Å². The third kappa shape index (κ3) is 1.84. The van der Waals surface area contributed by atoms with Crippen molar-refractivity contribution in [2.45, 2.75) is 12.3 Å². The van der Waals surface area contributed by atoms with Crippen LogP contribution in [-0.2, 0) is 9.53 Å². The molecule has 0 saturated heterocycles. The van der Waals surface area contributed by atoms with Crippen LogP contribution in [0.25, 0.3) is 0 Å². The predicted octanol–water partition coefficient (Wildman–Crippen LogP) is 1.83. The first-order valence-electron chi connectivity index (χ1n) is 4.84. The Bertz CT molecular complexity index is 416. The minimum Gasteiger partial charge on any atom is -0.469 e. The lowest BCUT2D eigenvalue weighted by molar-refractivity contribution is -0.142. The maximum atomic E-state index is 11.2. The Morgan fingerprint density at radius 2 is 2.13 bits per heavy atom. The van der Waals surface area contributed by atoms with Gasteiger partial charge in [-0.2, -0.15) is 5.26 Å². The highest BCUT2D eigenvalue weighted by Gasteiger charge is 2.44. The normalized spacial score (nSPS) is 22.9. The molecule has 76 valence electrons. The van der Waals surface area contributed by atoms with Gasteiger partial charge in [0.25, 0.3) is 0 Å². The van der Waals surface area contributed by atoms with E-state index < -0.39 is 0 Å². The zero-order chi connectivity index (χ0) is 10.8. The zero-order valence-corrected chi connectivity index (χ0v) is 8.43. The van der Waals surface area contributed by atoms with Crippen LogP contribution >= 0.6 is 0 Å². The Balaban J connectivity index is 2.08. The molecule has 1 aliphatic carbocycles. The van der Waals surface area contributed by atoms with E-state index in [4.69, 9.17) is 5.26 Å². The standard InChI is InChI=1S/C12H11NO2/c1-15-12(14)11-6-10(11)9-4-2-8(7-13)3-5-9/h2-5,10-11H,6H2,1H3/t10-,11+/m1/s1. The second-order valence-electron chi connectivity index (χ2n) is 3.71.